The lowest BCUT2D eigenvalue weighted by atomic mass is 10.2. The molecule has 1 aromatic heterocycles. The van der Waals surface area contributed by atoms with Gasteiger partial charge in [0.05, 0.1) is 18.2 Å². The van der Waals surface area contributed by atoms with Crippen LogP contribution in [0.2, 0.25) is 0 Å². The van der Waals surface area contributed by atoms with Crippen molar-refractivity contribution in [2.75, 3.05) is 20.8 Å². The number of ether oxygens (including phenoxy) is 1. The van der Waals surface area contributed by atoms with Gasteiger partial charge >= 0.3 is 0 Å². The highest BCUT2D eigenvalue weighted by atomic mass is 79.9. The second-order valence-electron chi connectivity index (χ2n) is 3.59. The maximum Gasteiger partial charge on any atom is 0.255 e. The summed E-state index contributed by atoms with van der Waals surface area (Å²) in [6.45, 7) is 2.46. The van der Waals surface area contributed by atoms with E-state index in [1.54, 1.807) is 37.4 Å². The standard InChI is InChI=1S/C11H15BrN2O2/c1-8(7-16-3)14(2)11(15)9-4-5-10(12)13-6-9/h4-6,8H,7H2,1-3H3. The van der Waals surface area contributed by atoms with Crippen LogP contribution in [0.4, 0.5) is 0 Å². The van der Waals surface area contributed by atoms with Gasteiger partial charge in [-0.2, -0.15) is 0 Å². The third-order valence-electron chi connectivity index (χ3n) is 2.36. The summed E-state index contributed by atoms with van der Waals surface area (Å²) in [5.74, 6) is -0.0513. The lowest BCUT2D eigenvalue weighted by Gasteiger charge is -2.24. The highest BCUT2D eigenvalue weighted by Gasteiger charge is 2.17. The normalized spacial score (nSPS) is 12.2. The van der Waals surface area contributed by atoms with Gasteiger partial charge in [0.1, 0.15) is 4.60 Å². The van der Waals surface area contributed by atoms with Gasteiger partial charge < -0.3 is 9.64 Å². The molecule has 0 aliphatic rings. The number of nitrogens with zero attached hydrogens (tertiary/aromatic N) is 2. The Labute approximate surface area is 104 Å². The quantitative estimate of drug-likeness (QED) is 0.795. The summed E-state index contributed by atoms with van der Waals surface area (Å²) in [6.07, 6.45) is 1.56. The largest absolute Gasteiger partial charge is 0.383 e. The van der Waals surface area contributed by atoms with Crippen molar-refractivity contribution in [3.8, 4) is 0 Å². The second kappa shape index (κ2) is 5.96. The maximum atomic E-state index is 12.0. The Morgan fingerprint density at radius 1 is 1.62 bits per heavy atom. The number of hydrogen-bond donors (Lipinski definition) is 0. The molecular weight excluding hydrogens is 272 g/mol. The van der Waals surface area contributed by atoms with Crippen LogP contribution in [0.1, 0.15) is 17.3 Å². The minimum atomic E-state index is -0.0513. The third-order valence-corrected chi connectivity index (χ3v) is 2.83. The number of pyridine rings is 1. The molecule has 0 aromatic carbocycles. The number of likely N-dealkylation sites (N-methyl/N-ethyl adjacent to an activating group) is 1. The molecule has 0 saturated carbocycles. The molecule has 1 amide bonds. The van der Waals surface area contributed by atoms with E-state index in [1.165, 1.54) is 0 Å². The van der Waals surface area contributed by atoms with Crippen LogP contribution in [0.25, 0.3) is 0 Å². The summed E-state index contributed by atoms with van der Waals surface area (Å²) in [6, 6.07) is 3.54. The first kappa shape index (κ1) is 13.1. The van der Waals surface area contributed by atoms with Crippen molar-refractivity contribution in [3.63, 3.8) is 0 Å². The third kappa shape index (κ3) is 3.28. The number of methoxy groups -OCH3 is 1. The smallest absolute Gasteiger partial charge is 0.255 e. The molecule has 0 aliphatic heterocycles. The Morgan fingerprint density at radius 2 is 2.31 bits per heavy atom. The van der Waals surface area contributed by atoms with Gasteiger partial charge in [-0.05, 0) is 35.0 Å². The van der Waals surface area contributed by atoms with E-state index >= 15 is 0 Å². The summed E-state index contributed by atoms with van der Waals surface area (Å²) < 4.78 is 5.73. The van der Waals surface area contributed by atoms with Crippen molar-refractivity contribution in [3.05, 3.63) is 28.5 Å². The van der Waals surface area contributed by atoms with Crippen LogP contribution in [0.15, 0.2) is 22.9 Å². The van der Waals surface area contributed by atoms with E-state index in [0.29, 0.717) is 12.2 Å². The average Bonchev–Trinajstić information content (AvgIpc) is 2.28. The van der Waals surface area contributed by atoms with Crippen molar-refractivity contribution in [2.24, 2.45) is 0 Å². The van der Waals surface area contributed by atoms with Gasteiger partial charge in [0, 0.05) is 20.4 Å². The lowest BCUT2D eigenvalue weighted by molar-refractivity contribution is 0.0633. The molecule has 88 valence electrons. The minimum Gasteiger partial charge on any atom is -0.383 e. The molecule has 1 unspecified atom stereocenters. The number of carbonyl (C=O) groups excluding carboxylic acids is 1. The molecule has 0 bridgehead atoms. The molecule has 0 N–H and O–H groups in total. The first-order valence-corrected chi connectivity index (χ1v) is 5.73. The Morgan fingerprint density at radius 3 is 2.81 bits per heavy atom. The molecule has 0 spiro atoms. The molecule has 1 aromatic rings. The molecule has 1 heterocycles. The first-order chi connectivity index (χ1) is 7.56. The first-order valence-electron chi connectivity index (χ1n) is 4.94. The molecule has 16 heavy (non-hydrogen) atoms. The Balaban J connectivity index is 2.73. The van der Waals surface area contributed by atoms with Crippen molar-refractivity contribution in [1.82, 2.24) is 9.88 Å². The number of hydrogen-bond acceptors (Lipinski definition) is 3. The van der Waals surface area contributed by atoms with Crippen molar-refractivity contribution >= 4 is 21.8 Å². The predicted molar refractivity (Wildman–Crippen MR) is 65.4 cm³/mol. The fourth-order valence-corrected chi connectivity index (χ4v) is 1.49. The SMILES string of the molecule is COCC(C)N(C)C(=O)c1ccc(Br)nc1. The van der Waals surface area contributed by atoms with E-state index in [4.69, 9.17) is 4.74 Å². The Kier molecular flexibility index (Phi) is 4.89. The van der Waals surface area contributed by atoms with Crippen molar-refractivity contribution < 1.29 is 9.53 Å². The number of aromatic nitrogens is 1. The van der Waals surface area contributed by atoms with Crippen LogP contribution in [0.5, 0.6) is 0 Å². The second-order valence-corrected chi connectivity index (χ2v) is 4.40. The number of amides is 1. The Bertz CT molecular complexity index is 354. The summed E-state index contributed by atoms with van der Waals surface area (Å²) in [5.41, 5.74) is 0.577. The van der Waals surface area contributed by atoms with Crippen LogP contribution >= 0.6 is 15.9 Å². The molecule has 0 radical (unpaired) electrons. The van der Waals surface area contributed by atoms with Gasteiger partial charge in [-0.25, -0.2) is 4.98 Å². The lowest BCUT2D eigenvalue weighted by Crippen LogP contribution is -2.37. The number of carbonyl (C=O) groups is 1. The fraction of sp³-hybridized carbons (Fsp3) is 0.455. The van der Waals surface area contributed by atoms with Crippen LogP contribution in [-0.4, -0.2) is 42.6 Å². The molecule has 4 nitrogen and oxygen atoms in total. The molecule has 0 fully saturated rings. The van der Waals surface area contributed by atoms with Gasteiger partial charge in [-0.1, -0.05) is 0 Å². The van der Waals surface area contributed by atoms with E-state index in [1.807, 2.05) is 6.92 Å². The van der Waals surface area contributed by atoms with E-state index in [2.05, 4.69) is 20.9 Å². The summed E-state index contributed by atoms with van der Waals surface area (Å²) >= 11 is 3.23. The van der Waals surface area contributed by atoms with Gasteiger partial charge in [-0.3, -0.25) is 4.79 Å². The average molecular weight is 287 g/mol. The molecule has 0 saturated heterocycles. The van der Waals surface area contributed by atoms with Crippen LogP contribution in [0.3, 0.4) is 0 Å². The van der Waals surface area contributed by atoms with Crippen molar-refractivity contribution in [1.29, 1.82) is 0 Å². The monoisotopic (exact) mass is 286 g/mol. The predicted octanol–water partition coefficient (Wildman–Crippen LogP) is 1.95. The molecular formula is C11H15BrN2O2. The van der Waals surface area contributed by atoms with Crippen LogP contribution in [0, 0.1) is 0 Å². The number of halogens is 1. The van der Waals surface area contributed by atoms with Crippen LogP contribution < -0.4 is 0 Å². The van der Waals surface area contributed by atoms with Crippen LogP contribution in [-0.2, 0) is 4.74 Å². The number of rotatable bonds is 4. The zero-order chi connectivity index (χ0) is 12.1. The molecule has 1 rings (SSSR count). The van der Waals surface area contributed by atoms with Gasteiger partial charge in [-0.15, -0.1) is 0 Å². The molecule has 1 atom stereocenters. The van der Waals surface area contributed by atoms with E-state index in [-0.39, 0.29) is 11.9 Å². The fourth-order valence-electron chi connectivity index (χ4n) is 1.26. The van der Waals surface area contributed by atoms with Gasteiger partial charge in [0.15, 0.2) is 0 Å². The maximum absolute atomic E-state index is 12.0. The Hall–Kier alpha value is -0.940. The van der Waals surface area contributed by atoms with Crippen molar-refractivity contribution in [2.45, 2.75) is 13.0 Å². The molecule has 5 heteroatoms. The highest BCUT2D eigenvalue weighted by molar-refractivity contribution is 9.10. The van der Waals surface area contributed by atoms with E-state index < -0.39 is 0 Å². The van der Waals surface area contributed by atoms with Gasteiger partial charge in [0.25, 0.3) is 5.91 Å². The van der Waals surface area contributed by atoms with E-state index in [9.17, 15) is 4.79 Å². The topological polar surface area (TPSA) is 42.4 Å². The summed E-state index contributed by atoms with van der Waals surface area (Å²) in [5, 5.41) is 0. The summed E-state index contributed by atoms with van der Waals surface area (Å²) in [7, 11) is 3.38. The summed E-state index contributed by atoms with van der Waals surface area (Å²) in [4.78, 5) is 17.7. The van der Waals surface area contributed by atoms with E-state index in [0.717, 1.165) is 4.60 Å². The zero-order valence-electron chi connectivity index (χ0n) is 9.61. The zero-order valence-corrected chi connectivity index (χ0v) is 11.2. The van der Waals surface area contributed by atoms with Gasteiger partial charge in [0.2, 0.25) is 0 Å². The molecule has 0 aliphatic carbocycles. The minimum absolute atomic E-state index is 0.0427. The highest BCUT2D eigenvalue weighted by Crippen LogP contribution is 2.09.